The highest BCUT2D eigenvalue weighted by Crippen LogP contribution is 2.19. The van der Waals surface area contributed by atoms with Gasteiger partial charge in [-0.25, -0.2) is 0 Å². The van der Waals surface area contributed by atoms with Gasteiger partial charge in [0.05, 0.1) is 5.41 Å². The van der Waals surface area contributed by atoms with Crippen LogP contribution < -0.4 is 5.32 Å². The minimum Gasteiger partial charge on any atom is -0.481 e. The number of carbonyl (C=O) groups is 2. The molecule has 0 unspecified atom stereocenters. The molecule has 0 aliphatic carbocycles. The third-order valence-corrected chi connectivity index (χ3v) is 4.40. The number of carboxylic acid groups (broad SMARTS) is 1. The van der Waals surface area contributed by atoms with Crippen LogP contribution in [0.25, 0.3) is 0 Å². The fraction of sp³-hybridized carbons (Fsp3) is 0.333. The van der Waals surface area contributed by atoms with Gasteiger partial charge in [-0.05, 0) is 50.3 Å². The van der Waals surface area contributed by atoms with Crippen molar-refractivity contribution in [3.05, 3.63) is 71.3 Å². The number of carboxylic acids is 1. The Morgan fingerprint density at radius 2 is 1.60 bits per heavy atom. The lowest BCUT2D eigenvalue weighted by Crippen LogP contribution is -2.32. The van der Waals surface area contributed by atoms with Crippen LogP contribution in [0, 0.1) is 5.41 Å². The number of aryl methyl sites for hydroxylation is 2. The van der Waals surface area contributed by atoms with Crippen LogP contribution in [0.3, 0.4) is 0 Å². The summed E-state index contributed by atoms with van der Waals surface area (Å²) in [6, 6.07) is 17.7. The van der Waals surface area contributed by atoms with E-state index in [1.165, 1.54) is 5.56 Å². The highest BCUT2D eigenvalue weighted by atomic mass is 16.4. The fourth-order valence-electron chi connectivity index (χ4n) is 2.57. The maximum atomic E-state index is 12.5. The molecule has 2 rings (SSSR count). The SMILES string of the molecule is CC(C)(CCNC(=O)c1ccccc1CCc1ccccc1)C(=O)O. The summed E-state index contributed by atoms with van der Waals surface area (Å²) >= 11 is 0. The molecule has 2 aromatic rings. The molecule has 0 saturated carbocycles. The highest BCUT2D eigenvalue weighted by molar-refractivity contribution is 5.95. The van der Waals surface area contributed by atoms with E-state index < -0.39 is 11.4 Å². The van der Waals surface area contributed by atoms with Gasteiger partial charge in [-0.15, -0.1) is 0 Å². The van der Waals surface area contributed by atoms with Crippen LogP contribution in [0.5, 0.6) is 0 Å². The molecule has 25 heavy (non-hydrogen) atoms. The number of nitrogens with one attached hydrogen (secondary N) is 1. The first kappa shape index (κ1) is 18.7. The van der Waals surface area contributed by atoms with Gasteiger partial charge in [0, 0.05) is 12.1 Å². The second-order valence-electron chi connectivity index (χ2n) is 6.84. The van der Waals surface area contributed by atoms with Gasteiger partial charge in [0.25, 0.3) is 5.91 Å². The summed E-state index contributed by atoms with van der Waals surface area (Å²) in [5, 5.41) is 12.0. The van der Waals surface area contributed by atoms with Crippen molar-refractivity contribution in [3.8, 4) is 0 Å². The molecule has 0 aliphatic heterocycles. The summed E-state index contributed by atoms with van der Waals surface area (Å²) in [7, 11) is 0. The molecule has 2 aromatic carbocycles. The monoisotopic (exact) mass is 339 g/mol. The lowest BCUT2D eigenvalue weighted by Gasteiger charge is -2.19. The van der Waals surface area contributed by atoms with Crippen LogP contribution in [0.1, 0.15) is 41.8 Å². The summed E-state index contributed by atoms with van der Waals surface area (Å²) in [5.41, 5.74) is 2.05. The maximum absolute atomic E-state index is 12.5. The lowest BCUT2D eigenvalue weighted by molar-refractivity contribution is -0.147. The van der Waals surface area contributed by atoms with E-state index in [9.17, 15) is 9.59 Å². The second kappa shape index (κ2) is 8.47. The minimum absolute atomic E-state index is 0.148. The van der Waals surface area contributed by atoms with Crippen LogP contribution in [-0.2, 0) is 17.6 Å². The van der Waals surface area contributed by atoms with Crippen LogP contribution in [0.4, 0.5) is 0 Å². The van der Waals surface area contributed by atoms with E-state index in [1.54, 1.807) is 13.8 Å². The predicted octanol–water partition coefficient (Wildman–Crippen LogP) is 3.70. The first-order valence-electron chi connectivity index (χ1n) is 8.53. The Hall–Kier alpha value is -2.62. The van der Waals surface area contributed by atoms with Gasteiger partial charge in [0.2, 0.25) is 0 Å². The van der Waals surface area contributed by atoms with E-state index in [4.69, 9.17) is 5.11 Å². The lowest BCUT2D eigenvalue weighted by atomic mass is 9.89. The van der Waals surface area contributed by atoms with Crippen molar-refractivity contribution in [2.75, 3.05) is 6.54 Å². The van der Waals surface area contributed by atoms with E-state index in [-0.39, 0.29) is 5.91 Å². The molecule has 4 heteroatoms. The molecular weight excluding hydrogens is 314 g/mol. The Bertz CT molecular complexity index is 723. The summed E-state index contributed by atoms with van der Waals surface area (Å²) in [5.74, 6) is -1.00. The van der Waals surface area contributed by atoms with Crippen LogP contribution in [0.15, 0.2) is 54.6 Å². The molecule has 0 spiro atoms. The molecule has 0 aromatic heterocycles. The normalized spacial score (nSPS) is 11.1. The van der Waals surface area contributed by atoms with Gasteiger partial charge in [0.15, 0.2) is 0 Å². The highest BCUT2D eigenvalue weighted by Gasteiger charge is 2.26. The Kier molecular flexibility index (Phi) is 6.34. The van der Waals surface area contributed by atoms with Crippen LogP contribution >= 0.6 is 0 Å². The Morgan fingerprint density at radius 1 is 0.960 bits per heavy atom. The summed E-state index contributed by atoms with van der Waals surface area (Å²) in [6.07, 6.45) is 2.05. The largest absolute Gasteiger partial charge is 0.481 e. The Labute approximate surface area is 148 Å². The molecule has 2 N–H and O–H groups in total. The van der Waals surface area contributed by atoms with Crippen LogP contribution in [0.2, 0.25) is 0 Å². The smallest absolute Gasteiger partial charge is 0.309 e. The Balaban J connectivity index is 1.97. The molecule has 0 heterocycles. The third-order valence-electron chi connectivity index (χ3n) is 4.40. The topological polar surface area (TPSA) is 66.4 Å². The van der Waals surface area contributed by atoms with Gasteiger partial charge in [-0.3, -0.25) is 9.59 Å². The zero-order chi connectivity index (χ0) is 18.3. The second-order valence-corrected chi connectivity index (χ2v) is 6.84. The number of benzene rings is 2. The van der Waals surface area contributed by atoms with Crippen molar-refractivity contribution >= 4 is 11.9 Å². The zero-order valence-electron chi connectivity index (χ0n) is 14.8. The number of hydrogen-bond donors (Lipinski definition) is 2. The van der Waals surface area contributed by atoms with Crippen molar-refractivity contribution in [1.29, 1.82) is 0 Å². The molecule has 0 saturated heterocycles. The third kappa shape index (κ3) is 5.45. The van der Waals surface area contributed by atoms with E-state index >= 15 is 0 Å². The average Bonchev–Trinajstić information content (AvgIpc) is 2.60. The van der Waals surface area contributed by atoms with Gasteiger partial charge in [-0.1, -0.05) is 48.5 Å². The number of aliphatic carboxylic acids is 1. The number of amides is 1. The van der Waals surface area contributed by atoms with Gasteiger partial charge < -0.3 is 10.4 Å². The van der Waals surface area contributed by atoms with Gasteiger partial charge in [0.1, 0.15) is 0 Å². The molecule has 1 amide bonds. The quantitative estimate of drug-likeness (QED) is 0.770. The first-order chi connectivity index (χ1) is 11.9. The Morgan fingerprint density at radius 3 is 2.28 bits per heavy atom. The number of rotatable bonds is 8. The standard InChI is InChI=1S/C21H25NO3/c1-21(2,20(24)25)14-15-22-19(23)18-11-7-6-10-17(18)13-12-16-8-4-3-5-9-16/h3-11H,12-15H2,1-2H3,(H,22,23)(H,24,25). The molecule has 0 fully saturated rings. The molecule has 0 aliphatic rings. The molecular formula is C21H25NO3. The number of hydrogen-bond acceptors (Lipinski definition) is 2. The molecule has 0 atom stereocenters. The predicted molar refractivity (Wildman–Crippen MR) is 98.7 cm³/mol. The van der Waals surface area contributed by atoms with Crippen molar-refractivity contribution in [2.45, 2.75) is 33.1 Å². The molecule has 0 bridgehead atoms. The number of carbonyl (C=O) groups excluding carboxylic acids is 1. The van der Waals surface area contributed by atoms with E-state index in [0.717, 1.165) is 18.4 Å². The van der Waals surface area contributed by atoms with E-state index in [0.29, 0.717) is 18.5 Å². The summed E-state index contributed by atoms with van der Waals surface area (Å²) in [4.78, 5) is 23.6. The first-order valence-corrected chi connectivity index (χ1v) is 8.53. The van der Waals surface area contributed by atoms with Gasteiger partial charge in [-0.2, -0.15) is 0 Å². The summed E-state index contributed by atoms with van der Waals surface area (Å²) in [6.45, 7) is 3.66. The molecule has 4 nitrogen and oxygen atoms in total. The van der Waals surface area contributed by atoms with E-state index in [1.807, 2.05) is 42.5 Å². The maximum Gasteiger partial charge on any atom is 0.309 e. The van der Waals surface area contributed by atoms with Gasteiger partial charge >= 0.3 is 5.97 Å². The fourth-order valence-corrected chi connectivity index (χ4v) is 2.57. The zero-order valence-corrected chi connectivity index (χ0v) is 14.8. The summed E-state index contributed by atoms with van der Waals surface area (Å²) < 4.78 is 0. The van der Waals surface area contributed by atoms with E-state index in [2.05, 4.69) is 17.4 Å². The molecule has 132 valence electrons. The van der Waals surface area contributed by atoms with Crippen LogP contribution in [-0.4, -0.2) is 23.5 Å². The van der Waals surface area contributed by atoms with Crippen molar-refractivity contribution in [3.63, 3.8) is 0 Å². The average molecular weight is 339 g/mol. The van der Waals surface area contributed by atoms with Crippen molar-refractivity contribution < 1.29 is 14.7 Å². The van der Waals surface area contributed by atoms with Crippen molar-refractivity contribution in [1.82, 2.24) is 5.32 Å². The minimum atomic E-state index is -0.856. The van der Waals surface area contributed by atoms with Crippen molar-refractivity contribution in [2.24, 2.45) is 5.41 Å². The molecule has 0 radical (unpaired) electrons.